The number of imide groups is 2. The number of nitrogens with one attached hydrogen (secondary N) is 1. The van der Waals surface area contributed by atoms with Crippen molar-refractivity contribution in [2.75, 3.05) is 11.5 Å². The molecule has 1 N–H and O–H groups in total. The molecular weight excluding hydrogens is 663 g/mol. The van der Waals surface area contributed by atoms with E-state index in [1.54, 1.807) is 30.3 Å². The maximum atomic E-state index is 13.2. The molecule has 0 unspecified atom stereocenters. The Morgan fingerprint density at radius 3 is 2.56 bits per heavy atom. The minimum Gasteiger partial charge on any atom is -0.490 e. The fourth-order valence-corrected chi connectivity index (χ4v) is 4.88. The van der Waals surface area contributed by atoms with Crippen LogP contribution in [0.4, 0.5) is 10.5 Å². The highest BCUT2D eigenvalue weighted by molar-refractivity contribution is 14.1. The van der Waals surface area contributed by atoms with Crippen LogP contribution in [-0.2, 0) is 16.2 Å². The first-order chi connectivity index (χ1) is 17.3. The van der Waals surface area contributed by atoms with Gasteiger partial charge in [-0.15, -0.1) is 0 Å². The second kappa shape index (κ2) is 11.4. The molecule has 1 aliphatic heterocycles. The van der Waals surface area contributed by atoms with Crippen molar-refractivity contribution in [1.29, 1.82) is 0 Å². The molecule has 3 aromatic rings. The first-order valence-electron chi connectivity index (χ1n) is 10.8. The molecule has 1 aliphatic rings. The number of nitrogens with zero attached hydrogens (tertiary/aromatic N) is 1. The zero-order chi connectivity index (χ0) is 25.8. The number of benzene rings is 3. The van der Waals surface area contributed by atoms with Crippen LogP contribution in [0.5, 0.6) is 11.5 Å². The fourth-order valence-electron chi connectivity index (χ4n) is 3.51. The maximum Gasteiger partial charge on any atom is 0.335 e. The summed E-state index contributed by atoms with van der Waals surface area (Å²) in [6, 6.07) is 16.6. The molecule has 184 valence electrons. The third kappa shape index (κ3) is 5.74. The predicted octanol–water partition coefficient (Wildman–Crippen LogP) is 6.35. The van der Waals surface area contributed by atoms with Gasteiger partial charge < -0.3 is 9.47 Å². The van der Waals surface area contributed by atoms with Gasteiger partial charge in [0.15, 0.2) is 11.5 Å². The summed E-state index contributed by atoms with van der Waals surface area (Å²) in [4.78, 5) is 39.1. The molecule has 10 heteroatoms. The van der Waals surface area contributed by atoms with Gasteiger partial charge in [0, 0.05) is 15.1 Å². The van der Waals surface area contributed by atoms with Crippen LogP contribution in [0.1, 0.15) is 18.1 Å². The highest BCUT2D eigenvalue weighted by Crippen LogP contribution is 2.36. The van der Waals surface area contributed by atoms with Gasteiger partial charge in [-0.2, -0.15) is 0 Å². The summed E-state index contributed by atoms with van der Waals surface area (Å²) in [6.45, 7) is 2.55. The van der Waals surface area contributed by atoms with Gasteiger partial charge >= 0.3 is 6.03 Å². The summed E-state index contributed by atoms with van der Waals surface area (Å²) >= 11 is 11.7. The number of halogens is 3. The van der Waals surface area contributed by atoms with Crippen LogP contribution in [0.25, 0.3) is 6.08 Å². The molecule has 0 bridgehead atoms. The molecule has 1 saturated heterocycles. The number of ether oxygens (including phenoxy) is 2. The van der Waals surface area contributed by atoms with E-state index in [0.717, 1.165) is 18.5 Å². The molecule has 4 rings (SSSR count). The number of barbiturate groups is 1. The summed E-state index contributed by atoms with van der Waals surface area (Å²) < 4.78 is 13.5. The third-order valence-electron chi connectivity index (χ3n) is 5.14. The van der Waals surface area contributed by atoms with E-state index >= 15 is 0 Å². The third-order valence-corrected chi connectivity index (χ3v) is 6.95. The molecule has 7 nitrogen and oxygen atoms in total. The molecule has 1 heterocycles. The van der Waals surface area contributed by atoms with Gasteiger partial charge in [-0.25, -0.2) is 9.69 Å². The summed E-state index contributed by atoms with van der Waals surface area (Å²) in [6.07, 6.45) is 1.42. The smallest absolute Gasteiger partial charge is 0.335 e. The number of amides is 4. The van der Waals surface area contributed by atoms with Gasteiger partial charge in [0.25, 0.3) is 11.8 Å². The Balaban J connectivity index is 1.67. The highest BCUT2D eigenvalue weighted by Gasteiger charge is 2.37. The monoisotopic (exact) mass is 680 g/mol. The van der Waals surface area contributed by atoms with Crippen LogP contribution in [0.3, 0.4) is 0 Å². The SMILES string of the molecule is CCOc1cc(/C=C2\C(=O)NC(=O)N(c3cccc(Cl)c3)C2=O)cc(I)c1OCc1ccccc1Br. The molecule has 0 atom stereocenters. The van der Waals surface area contributed by atoms with E-state index in [2.05, 4.69) is 43.8 Å². The van der Waals surface area contributed by atoms with Gasteiger partial charge in [0.1, 0.15) is 12.2 Å². The Kier molecular flexibility index (Phi) is 8.32. The summed E-state index contributed by atoms with van der Waals surface area (Å²) in [7, 11) is 0. The minimum absolute atomic E-state index is 0.199. The lowest BCUT2D eigenvalue weighted by Crippen LogP contribution is -2.54. The van der Waals surface area contributed by atoms with Gasteiger partial charge in [-0.3, -0.25) is 14.9 Å². The molecule has 0 aliphatic carbocycles. The first-order valence-corrected chi connectivity index (χ1v) is 13.0. The van der Waals surface area contributed by atoms with Crippen molar-refractivity contribution in [2.45, 2.75) is 13.5 Å². The number of carbonyl (C=O) groups is 3. The number of hydrogen-bond donors (Lipinski definition) is 1. The average Bonchev–Trinajstić information content (AvgIpc) is 2.82. The quantitative estimate of drug-likeness (QED) is 0.179. The van der Waals surface area contributed by atoms with Crippen LogP contribution >= 0.6 is 50.1 Å². The molecule has 0 radical (unpaired) electrons. The number of anilines is 1. The van der Waals surface area contributed by atoms with Gasteiger partial charge in [0.2, 0.25) is 0 Å². The summed E-state index contributed by atoms with van der Waals surface area (Å²) in [5, 5.41) is 2.56. The Morgan fingerprint density at radius 2 is 1.83 bits per heavy atom. The van der Waals surface area contributed by atoms with Gasteiger partial charge in [-0.05, 0) is 77.6 Å². The largest absolute Gasteiger partial charge is 0.490 e. The van der Waals surface area contributed by atoms with E-state index in [0.29, 0.717) is 35.3 Å². The van der Waals surface area contributed by atoms with E-state index in [1.807, 2.05) is 31.2 Å². The lowest BCUT2D eigenvalue weighted by atomic mass is 10.1. The Bertz CT molecular complexity index is 1390. The van der Waals surface area contributed by atoms with Crippen molar-refractivity contribution in [3.63, 3.8) is 0 Å². The van der Waals surface area contributed by atoms with E-state index in [-0.39, 0.29) is 11.3 Å². The van der Waals surface area contributed by atoms with E-state index in [1.165, 1.54) is 12.1 Å². The van der Waals surface area contributed by atoms with Gasteiger partial charge in [0.05, 0.1) is 15.9 Å². The van der Waals surface area contributed by atoms with Crippen LogP contribution in [0.15, 0.2) is 70.7 Å². The van der Waals surface area contributed by atoms with Crippen molar-refractivity contribution in [1.82, 2.24) is 5.32 Å². The minimum atomic E-state index is -0.843. The predicted molar refractivity (Wildman–Crippen MR) is 149 cm³/mol. The van der Waals surface area contributed by atoms with Crippen LogP contribution in [-0.4, -0.2) is 24.5 Å². The summed E-state index contributed by atoms with van der Waals surface area (Å²) in [5.74, 6) is -0.529. The number of carbonyl (C=O) groups excluding carboxylic acids is 3. The van der Waals surface area contributed by atoms with Crippen molar-refractivity contribution in [3.05, 3.63) is 90.4 Å². The first kappa shape index (κ1) is 26.2. The normalized spacial score (nSPS) is 14.7. The standard InChI is InChI=1S/C26H19BrClIN2O5/c1-2-35-22-12-15(11-21(29)23(22)36-14-16-6-3-4-9-20(16)27)10-19-24(32)30-26(34)31(25(19)33)18-8-5-7-17(28)13-18/h3-13H,2,14H2,1H3,(H,30,32,34)/b19-10+. The molecule has 0 aromatic heterocycles. The molecule has 0 spiro atoms. The molecule has 3 aromatic carbocycles. The van der Waals surface area contributed by atoms with E-state index in [4.69, 9.17) is 21.1 Å². The summed E-state index contributed by atoms with van der Waals surface area (Å²) in [5.41, 5.74) is 1.56. The van der Waals surface area contributed by atoms with Crippen molar-refractivity contribution < 1.29 is 23.9 Å². The Morgan fingerprint density at radius 1 is 1.06 bits per heavy atom. The zero-order valence-corrected chi connectivity index (χ0v) is 23.4. The van der Waals surface area contributed by atoms with Crippen molar-refractivity contribution >= 4 is 79.7 Å². The van der Waals surface area contributed by atoms with Crippen molar-refractivity contribution in [2.24, 2.45) is 0 Å². The van der Waals surface area contributed by atoms with Crippen LogP contribution in [0, 0.1) is 3.57 Å². The van der Waals surface area contributed by atoms with Gasteiger partial charge in [-0.1, -0.05) is 51.8 Å². The number of urea groups is 1. The number of rotatable bonds is 7. The fraction of sp³-hybridized carbons (Fsp3) is 0.115. The van der Waals surface area contributed by atoms with Crippen LogP contribution in [0.2, 0.25) is 5.02 Å². The topological polar surface area (TPSA) is 84.9 Å². The molecule has 4 amide bonds. The molecule has 0 saturated carbocycles. The highest BCUT2D eigenvalue weighted by atomic mass is 127. The molecular formula is C26H19BrClIN2O5. The van der Waals surface area contributed by atoms with Crippen molar-refractivity contribution in [3.8, 4) is 11.5 Å². The van der Waals surface area contributed by atoms with Crippen LogP contribution < -0.4 is 19.7 Å². The Hall–Kier alpha value is -2.89. The zero-order valence-electron chi connectivity index (χ0n) is 18.9. The lowest BCUT2D eigenvalue weighted by Gasteiger charge is -2.26. The molecule has 36 heavy (non-hydrogen) atoms. The average molecular weight is 682 g/mol. The Labute approximate surface area is 234 Å². The lowest BCUT2D eigenvalue weighted by molar-refractivity contribution is -0.122. The number of hydrogen-bond acceptors (Lipinski definition) is 5. The second-order valence-electron chi connectivity index (χ2n) is 7.58. The second-order valence-corrected chi connectivity index (χ2v) is 10.0. The van der Waals surface area contributed by atoms with E-state index < -0.39 is 17.8 Å². The maximum absolute atomic E-state index is 13.2. The molecule has 1 fully saturated rings. The van der Waals surface area contributed by atoms with E-state index in [9.17, 15) is 14.4 Å².